The van der Waals surface area contributed by atoms with Gasteiger partial charge in [0, 0.05) is 15.7 Å². The average Bonchev–Trinajstić information content (AvgIpc) is 3.18. The van der Waals surface area contributed by atoms with E-state index in [2.05, 4.69) is 15.5 Å². The van der Waals surface area contributed by atoms with E-state index < -0.39 is 23.3 Å². The van der Waals surface area contributed by atoms with E-state index in [0.717, 1.165) is 5.56 Å². The van der Waals surface area contributed by atoms with Gasteiger partial charge in [-0.2, -0.15) is 0 Å². The van der Waals surface area contributed by atoms with Crippen molar-refractivity contribution in [3.05, 3.63) is 51.0 Å². The number of aromatic nitrogens is 2. The number of amides is 2. The van der Waals surface area contributed by atoms with Gasteiger partial charge in [-0.1, -0.05) is 46.8 Å². The van der Waals surface area contributed by atoms with Crippen molar-refractivity contribution in [2.45, 2.75) is 22.2 Å². The maximum Gasteiger partial charge on any atom is 0.353 e. The van der Waals surface area contributed by atoms with Crippen LogP contribution in [-0.4, -0.2) is 55.2 Å². The van der Waals surface area contributed by atoms with Gasteiger partial charge in [-0.05, 0) is 17.7 Å². The Morgan fingerprint density at radius 3 is 2.93 bits per heavy atom. The van der Waals surface area contributed by atoms with Crippen molar-refractivity contribution in [2.24, 2.45) is 0 Å². The maximum atomic E-state index is 12.6. The van der Waals surface area contributed by atoms with Gasteiger partial charge in [-0.3, -0.25) is 14.5 Å². The number of hydrogen-bond acceptors (Lipinski definition) is 8. The number of rotatable bonds is 6. The van der Waals surface area contributed by atoms with Crippen LogP contribution in [0, 0.1) is 0 Å². The predicted molar refractivity (Wildman–Crippen MR) is 111 cm³/mol. The molecular weight excluding hydrogens is 456 g/mol. The molecule has 2 aliphatic rings. The van der Waals surface area contributed by atoms with Gasteiger partial charge in [-0.15, -0.1) is 22.0 Å². The van der Waals surface area contributed by atoms with Crippen molar-refractivity contribution in [3.8, 4) is 0 Å². The number of carboxylic acids is 1. The molecule has 12 heteroatoms. The lowest BCUT2D eigenvalue weighted by molar-refractivity contribution is -0.150. The van der Waals surface area contributed by atoms with Crippen LogP contribution < -0.4 is 5.32 Å². The van der Waals surface area contributed by atoms with Gasteiger partial charge in [0.1, 0.15) is 22.6 Å². The number of aliphatic carboxylic acids is 1. The topological polar surface area (TPSA) is 112 Å². The highest BCUT2D eigenvalue weighted by Crippen LogP contribution is 2.45. The first kappa shape index (κ1) is 20.2. The van der Waals surface area contributed by atoms with Gasteiger partial charge >= 0.3 is 5.97 Å². The third-order valence-electron chi connectivity index (χ3n) is 4.26. The van der Waals surface area contributed by atoms with Crippen molar-refractivity contribution in [1.29, 1.82) is 0 Å². The van der Waals surface area contributed by atoms with Gasteiger partial charge in [0.2, 0.25) is 5.91 Å². The number of benzene rings is 1. The lowest BCUT2D eigenvalue weighted by atomic mass is 10.0. The third kappa shape index (κ3) is 4.13. The highest BCUT2D eigenvalue weighted by atomic mass is 35.5. The monoisotopic (exact) mass is 468 g/mol. The summed E-state index contributed by atoms with van der Waals surface area (Å²) in [5.41, 5.74) is 2.23. The Balaban J connectivity index is 1.46. The van der Waals surface area contributed by atoms with E-state index in [9.17, 15) is 19.5 Å². The van der Waals surface area contributed by atoms with Crippen LogP contribution >= 0.6 is 46.5 Å². The molecule has 2 amide bonds. The first-order valence-electron chi connectivity index (χ1n) is 8.33. The number of carbonyl (C=O) groups excluding carboxylic acids is 2. The zero-order valence-electron chi connectivity index (χ0n) is 14.6. The molecule has 1 aromatic heterocycles. The number of fused-ring (bicyclic) bond motifs is 1. The zero-order valence-corrected chi connectivity index (χ0v) is 17.8. The number of nitrogens with zero attached hydrogens (tertiary/aromatic N) is 3. The summed E-state index contributed by atoms with van der Waals surface area (Å²) in [5.74, 6) is -1.53. The predicted octanol–water partition coefficient (Wildman–Crippen LogP) is 2.22. The number of hydrogen-bond donors (Lipinski definition) is 2. The Kier molecular flexibility index (Phi) is 5.81. The molecule has 3 heterocycles. The SMILES string of the molecule is O=C(Cc1cccc(Cl)c1)N[C@@H]1C(=O)N2C(C(=O)O)=C(Sc3nncs3)CS[C@@H]12. The second-order valence-corrected chi connectivity index (χ2v) is 9.86. The molecule has 8 nitrogen and oxygen atoms in total. The molecular formula is C17H13ClN4O4S3. The lowest BCUT2D eigenvalue weighted by Gasteiger charge is -2.49. The molecule has 150 valence electrons. The van der Waals surface area contributed by atoms with Crippen LogP contribution in [0.2, 0.25) is 5.02 Å². The minimum Gasteiger partial charge on any atom is -0.477 e. The molecule has 1 saturated heterocycles. The number of carboxylic acid groups (broad SMARTS) is 1. The summed E-state index contributed by atoms with van der Waals surface area (Å²) in [6.45, 7) is 0. The molecule has 0 spiro atoms. The van der Waals surface area contributed by atoms with Crippen LogP contribution in [0.15, 0.2) is 44.7 Å². The fourth-order valence-corrected chi connectivity index (χ4v) is 6.37. The molecule has 2 N–H and O–H groups in total. The molecule has 0 aliphatic carbocycles. The minimum atomic E-state index is -1.18. The second kappa shape index (κ2) is 8.34. The molecule has 2 aromatic rings. The summed E-state index contributed by atoms with van der Waals surface area (Å²) < 4.78 is 0.608. The van der Waals surface area contributed by atoms with Crippen LogP contribution in [-0.2, 0) is 20.8 Å². The number of nitrogens with one attached hydrogen (secondary N) is 1. The Morgan fingerprint density at radius 2 is 2.24 bits per heavy atom. The Bertz CT molecular complexity index is 1010. The normalized spacial score (nSPS) is 20.9. The molecule has 1 aromatic carbocycles. The molecule has 0 radical (unpaired) electrons. The summed E-state index contributed by atoms with van der Waals surface area (Å²) in [6.07, 6.45) is 0.0848. The van der Waals surface area contributed by atoms with Crippen LogP contribution in [0.4, 0.5) is 0 Å². The Hall–Kier alpha value is -2.08. The van der Waals surface area contributed by atoms with Crippen molar-refractivity contribution < 1.29 is 19.5 Å². The minimum absolute atomic E-state index is 0.0562. The molecule has 1 fully saturated rings. The van der Waals surface area contributed by atoms with Crippen molar-refractivity contribution in [3.63, 3.8) is 0 Å². The van der Waals surface area contributed by atoms with Gasteiger partial charge in [-0.25, -0.2) is 4.79 Å². The van der Waals surface area contributed by atoms with Crippen LogP contribution in [0.1, 0.15) is 5.56 Å². The second-order valence-electron chi connectivity index (χ2n) is 6.15. The maximum absolute atomic E-state index is 12.6. The Morgan fingerprint density at radius 1 is 1.41 bits per heavy atom. The smallest absolute Gasteiger partial charge is 0.353 e. The van der Waals surface area contributed by atoms with Crippen LogP contribution in [0.5, 0.6) is 0 Å². The summed E-state index contributed by atoms with van der Waals surface area (Å²) in [7, 11) is 0. The molecule has 0 unspecified atom stereocenters. The van der Waals surface area contributed by atoms with E-state index in [4.69, 9.17) is 11.6 Å². The fourth-order valence-electron chi connectivity index (χ4n) is 3.04. The van der Waals surface area contributed by atoms with E-state index in [1.54, 1.807) is 29.8 Å². The highest BCUT2D eigenvalue weighted by molar-refractivity contribution is 8.07. The number of halogens is 1. The van der Waals surface area contributed by atoms with Gasteiger partial charge in [0.05, 0.1) is 6.42 Å². The zero-order chi connectivity index (χ0) is 20.5. The average molecular weight is 469 g/mol. The standard InChI is InChI=1S/C17H13ClN4O4S3/c18-9-3-1-2-8(4-9)5-11(23)20-12-14(24)22-13(16(25)26)10(6-27-15(12)22)29-17-21-19-7-28-17/h1-4,7,12,15H,5-6H2,(H,20,23)(H,25,26)/t12-,15+/m1/s1. The van der Waals surface area contributed by atoms with Crippen LogP contribution in [0.25, 0.3) is 0 Å². The van der Waals surface area contributed by atoms with Crippen LogP contribution in [0.3, 0.4) is 0 Å². The first-order chi connectivity index (χ1) is 13.9. The van der Waals surface area contributed by atoms with Gasteiger partial charge in [0.25, 0.3) is 5.91 Å². The molecule has 2 atom stereocenters. The molecule has 2 aliphatic heterocycles. The summed E-state index contributed by atoms with van der Waals surface area (Å²) in [4.78, 5) is 38.6. The van der Waals surface area contributed by atoms with E-state index in [-0.39, 0.29) is 18.0 Å². The number of thioether (sulfide) groups is 2. The highest BCUT2D eigenvalue weighted by Gasteiger charge is 2.54. The summed E-state index contributed by atoms with van der Waals surface area (Å²) >= 11 is 9.83. The molecule has 4 rings (SSSR count). The fraction of sp³-hybridized carbons (Fsp3) is 0.235. The number of β-lactam (4-membered cyclic amide) rings is 1. The van der Waals surface area contributed by atoms with E-state index in [1.807, 2.05) is 0 Å². The van der Waals surface area contributed by atoms with E-state index in [1.165, 1.54) is 39.8 Å². The third-order valence-corrected chi connectivity index (χ3v) is 7.82. The molecule has 0 bridgehead atoms. The van der Waals surface area contributed by atoms with Gasteiger partial charge in [0.15, 0.2) is 4.34 Å². The number of carbonyl (C=O) groups is 3. The lowest BCUT2D eigenvalue weighted by Crippen LogP contribution is -2.70. The quantitative estimate of drug-likeness (QED) is 0.620. The first-order valence-corrected chi connectivity index (χ1v) is 11.5. The van der Waals surface area contributed by atoms with Gasteiger partial charge < -0.3 is 10.4 Å². The van der Waals surface area contributed by atoms with E-state index >= 15 is 0 Å². The van der Waals surface area contributed by atoms with Crippen molar-refractivity contribution in [2.75, 3.05) is 5.75 Å². The molecule has 0 saturated carbocycles. The van der Waals surface area contributed by atoms with E-state index in [0.29, 0.717) is 20.0 Å². The summed E-state index contributed by atoms with van der Waals surface area (Å²) in [5, 5.41) is 20.1. The largest absolute Gasteiger partial charge is 0.477 e. The van der Waals surface area contributed by atoms with Crippen molar-refractivity contribution in [1.82, 2.24) is 20.4 Å². The molecule has 29 heavy (non-hydrogen) atoms. The summed E-state index contributed by atoms with van der Waals surface area (Å²) in [6, 6.07) is 6.17. The Labute approximate surface area is 182 Å². The van der Waals surface area contributed by atoms with Crippen molar-refractivity contribution >= 4 is 64.2 Å².